The van der Waals surface area contributed by atoms with E-state index in [2.05, 4.69) is 79.7 Å². The second kappa shape index (κ2) is 5.49. The van der Waals surface area contributed by atoms with Crippen LogP contribution < -0.4 is 0 Å². The van der Waals surface area contributed by atoms with Crippen molar-refractivity contribution >= 4 is 21.7 Å². The van der Waals surface area contributed by atoms with E-state index in [-0.39, 0.29) is 0 Å². The summed E-state index contributed by atoms with van der Waals surface area (Å²) in [5.74, 6) is 1.06. The van der Waals surface area contributed by atoms with Crippen molar-refractivity contribution in [2.24, 2.45) is 0 Å². The molecular formula is C24H18O. The van der Waals surface area contributed by atoms with Crippen molar-refractivity contribution in [2.45, 2.75) is 13.3 Å². The molecule has 3 aromatic carbocycles. The summed E-state index contributed by atoms with van der Waals surface area (Å²) in [6.07, 6.45) is 0.879. The lowest BCUT2D eigenvalue weighted by Crippen LogP contribution is -1.90. The van der Waals surface area contributed by atoms with Crippen molar-refractivity contribution in [3.63, 3.8) is 0 Å². The van der Waals surface area contributed by atoms with E-state index in [1.54, 1.807) is 0 Å². The van der Waals surface area contributed by atoms with Gasteiger partial charge in [0.25, 0.3) is 0 Å². The lowest BCUT2D eigenvalue weighted by Gasteiger charge is -2.13. The summed E-state index contributed by atoms with van der Waals surface area (Å²) >= 11 is 0. The van der Waals surface area contributed by atoms with Crippen molar-refractivity contribution in [1.29, 1.82) is 0 Å². The fourth-order valence-corrected chi connectivity index (χ4v) is 3.97. The van der Waals surface area contributed by atoms with Crippen LogP contribution in [0, 0.1) is 0 Å². The molecule has 25 heavy (non-hydrogen) atoms. The number of fused-ring (bicyclic) bond motifs is 5. The third-order valence-corrected chi connectivity index (χ3v) is 5.02. The first-order chi connectivity index (χ1) is 12.4. The molecule has 3 aromatic rings. The SMILES string of the molecule is CCc1oc2ccccc2c2c(-c3ccccc3)c3ccccc3c1-2. The Morgan fingerprint density at radius 1 is 0.600 bits per heavy atom. The predicted molar refractivity (Wildman–Crippen MR) is 105 cm³/mol. The average Bonchev–Trinajstić information content (AvgIpc) is 3.04. The first-order valence-corrected chi connectivity index (χ1v) is 8.78. The average molecular weight is 322 g/mol. The normalized spacial score (nSPS) is 11.6. The third kappa shape index (κ3) is 2.02. The van der Waals surface area contributed by atoms with Gasteiger partial charge in [-0.1, -0.05) is 79.7 Å². The molecule has 0 fully saturated rings. The molecule has 0 amide bonds. The molecule has 0 saturated carbocycles. The van der Waals surface area contributed by atoms with Crippen LogP contribution in [0.15, 0.2) is 83.3 Å². The fraction of sp³-hybridized carbons (Fsp3) is 0.0833. The Morgan fingerprint density at radius 3 is 1.92 bits per heavy atom. The van der Waals surface area contributed by atoms with Crippen LogP contribution >= 0.6 is 0 Å². The summed E-state index contributed by atoms with van der Waals surface area (Å²) in [6, 6.07) is 27.8. The summed E-state index contributed by atoms with van der Waals surface area (Å²) in [5.41, 5.74) is 6.10. The van der Waals surface area contributed by atoms with E-state index in [1.165, 1.54) is 38.4 Å². The number of aryl methyl sites for hydroxylation is 1. The molecular weight excluding hydrogens is 304 g/mol. The van der Waals surface area contributed by atoms with Crippen LogP contribution in [0.2, 0.25) is 0 Å². The molecule has 0 N–H and O–H groups in total. The van der Waals surface area contributed by atoms with Gasteiger partial charge in [-0.2, -0.15) is 0 Å². The van der Waals surface area contributed by atoms with Crippen LogP contribution in [0.25, 0.3) is 44.0 Å². The monoisotopic (exact) mass is 322 g/mol. The zero-order valence-electron chi connectivity index (χ0n) is 14.1. The molecule has 0 spiro atoms. The van der Waals surface area contributed by atoms with Crippen LogP contribution in [-0.4, -0.2) is 0 Å². The Hall–Kier alpha value is -3.06. The number of rotatable bonds is 2. The molecule has 0 aromatic heterocycles. The van der Waals surface area contributed by atoms with Crippen molar-refractivity contribution in [1.82, 2.24) is 0 Å². The Kier molecular flexibility index (Phi) is 3.14. The van der Waals surface area contributed by atoms with Crippen molar-refractivity contribution in [2.75, 3.05) is 0 Å². The minimum absolute atomic E-state index is 0.879. The van der Waals surface area contributed by atoms with E-state index >= 15 is 0 Å². The van der Waals surface area contributed by atoms with Gasteiger partial charge in [0, 0.05) is 22.9 Å². The molecule has 5 rings (SSSR count). The highest BCUT2D eigenvalue weighted by atomic mass is 16.3. The molecule has 1 nitrogen and oxygen atoms in total. The first-order valence-electron chi connectivity index (χ1n) is 8.78. The number of benzene rings is 3. The van der Waals surface area contributed by atoms with E-state index in [0.29, 0.717) is 0 Å². The van der Waals surface area contributed by atoms with Gasteiger partial charge in [0.1, 0.15) is 11.3 Å². The Labute approximate surface area is 146 Å². The van der Waals surface area contributed by atoms with Gasteiger partial charge in [0.2, 0.25) is 0 Å². The second-order valence-electron chi connectivity index (χ2n) is 6.41. The molecule has 120 valence electrons. The lowest BCUT2D eigenvalue weighted by molar-refractivity contribution is 0.548. The van der Waals surface area contributed by atoms with Gasteiger partial charge in [-0.15, -0.1) is 0 Å². The van der Waals surface area contributed by atoms with E-state index < -0.39 is 0 Å². The molecule has 0 saturated heterocycles. The first kappa shape index (κ1) is 14.3. The zero-order chi connectivity index (χ0) is 16.8. The molecule has 0 bridgehead atoms. The zero-order valence-corrected chi connectivity index (χ0v) is 14.1. The molecule has 1 aliphatic carbocycles. The largest absolute Gasteiger partial charge is 0.460 e. The molecule has 1 heteroatoms. The van der Waals surface area contributed by atoms with Gasteiger partial charge in [0.05, 0.1) is 0 Å². The summed E-state index contributed by atoms with van der Waals surface area (Å²) in [5, 5.41) is 3.76. The Balaban J connectivity index is 2.08. The predicted octanol–water partition coefficient (Wildman–Crippen LogP) is 6.92. The van der Waals surface area contributed by atoms with Gasteiger partial charge in [-0.25, -0.2) is 0 Å². The maximum Gasteiger partial charge on any atom is 0.134 e. The van der Waals surface area contributed by atoms with E-state index in [1.807, 2.05) is 6.07 Å². The number of para-hydroxylation sites is 1. The van der Waals surface area contributed by atoms with Gasteiger partial charge in [0.15, 0.2) is 0 Å². The van der Waals surface area contributed by atoms with Crippen molar-refractivity contribution in [3.05, 3.63) is 84.6 Å². The standard InChI is InChI=1S/C24H18O/c1-2-20-23-18-13-7-6-12-17(18)22(16-10-4-3-5-11-16)24(23)19-14-8-9-15-21(19)25-20/h3-15H,2H2,1H3. The second-order valence-corrected chi connectivity index (χ2v) is 6.41. The maximum absolute atomic E-state index is 6.28. The highest BCUT2D eigenvalue weighted by molar-refractivity contribution is 6.21. The minimum atomic E-state index is 0.879. The summed E-state index contributed by atoms with van der Waals surface area (Å²) in [7, 11) is 0. The van der Waals surface area contributed by atoms with Crippen LogP contribution in [0.5, 0.6) is 0 Å². The van der Waals surface area contributed by atoms with Gasteiger partial charge < -0.3 is 4.42 Å². The fourth-order valence-electron chi connectivity index (χ4n) is 3.97. The number of hydrogen-bond acceptors (Lipinski definition) is 1. The maximum atomic E-state index is 6.28. The van der Waals surface area contributed by atoms with Crippen LogP contribution in [-0.2, 0) is 6.42 Å². The van der Waals surface area contributed by atoms with Crippen molar-refractivity contribution < 1.29 is 4.42 Å². The quantitative estimate of drug-likeness (QED) is 0.344. The highest BCUT2D eigenvalue weighted by Crippen LogP contribution is 2.49. The van der Waals surface area contributed by atoms with Crippen LogP contribution in [0.1, 0.15) is 12.7 Å². The molecule has 1 heterocycles. The van der Waals surface area contributed by atoms with Gasteiger partial charge in [-0.3, -0.25) is 0 Å². The Bertz CT molecular complexity index is 1160. The van der Waals surface area contributed by atoms with Gasteiger partial charge in [-0.05, 0) is 28.0 Å². The van der Waals surface area contributed by atoms with Crippen LogP contribution in [0.4, 0.5) is 0 Å². The summed E-state index contributed by atoms with van der Waals surface area (Å²) in [6.45, 7) is 2.16. The molecule has 0 atom stereocenters. The molecule has 1 aliphatic heterocycles. The summed E-state index contributed by atoms with van der Waals surface area (Å²) in [4.78, 5) is 0. The highest BCUT2D eigenvalue weighted by Gasteiger charge is 2.25. The number of hydrogen-bond donors (Lipinski definition) is 0. The molecule has 0 unspecified atom stereocenters. The van der Waals surface area contributed by atoms with Crippen molar-refractivity contribution in [3.8, 4) is 22.3 Å². The topological polar surface area (TPSA) is 13.1 Å². The smallest absolute Gasteiger partial charge is 0.134 e. The summed E-state index contributed by atoms with van der Waals surface area (Å²) < 4.78 is 6.28. The van der Waals surface area contributed by atoms with E-state index in [0.717, 1.165) is 17.8 Å². The lowest BCUT2D eigenvalue weighted by atomic mass is 9.95. The van der Waals surface area contributed by atoms with Gasteiger partial charge >= 0.3 is 0 Å². The molecule has 2 aliphatic rings. The van der Waals surface area contributed by atoms with E-state index in [9.17, 15) is 0 Å². The van der Waals surface area contributed by atoms with E-state index in [4.69, 9.17) is 4.42 Å². The molecule has 0 radical (unpaired) electrons. The Morgan fingerprint density at radius 2 is 1.20 bits per heavy atom. The third-order valence-electron chi connectivity index (χ3n) is 5.02. The van der Waals surface area contributed by atoms with Crippen LogP contribution in [0.3, 0.4) is 0 Å². The minimum Gasteiger partial charge on any atom is -0.460 e.